The molecule has 1 aromatic heterocycles. The van der Waals surface area contributed by atoms with Crippen LogP contribution in [-0.2, 0) is 6.54 Å². The summed E-state index contributed by atoms with van der Waals surface area (Å²) in [5.74, 6) is 1.47. The monoisotopic (exact) mass is 377 g/mol. The van der Waals surface area contributed by atoms with Gasteiger partial charge in [0.2, 0.25) is 0 Å². The number of hydrogen-bond donors (Lipinski definition) is 0. The van der Waals surface area contributed by atoms with Crippen LogP contribution in [0.25, 0.3) is 17.4 Å². The van der Waals surface area contributed by atoms with E-state index in [1.165, 1.54) is 0 Å². The van der Waals surface area contributed by atoms with Crippen molar-refractivity contribution in [3.8, 4) is 11.3 Å². The molecule has 1 fully saturated rings. The summed E-state index contributed by atoms with van der Waals surface area (Å²) >= 11 is 6.66. The Balaban J connectivity index is 1.54. The van der Waals surface area contributed by atoms with Crippen molar-refractivity contribution in [3.63, 3.8) is 0 Å². The molecular formula is C21H15NO2S2. The summed E-state index contributed by atoms with van der Waals surface area (Å²) in [6.45, 7) is 0.482. The van der Waals surface area contributed by atoms with Gasteiger partial charge in [-0.05, 0) is 35.5 Å². The average Bonchev–Trinajstić information content (AvgIpc) is 3.24. The lowest BCUT2D eigenvalue weighted by molar-refractivity contribution is 0.244. The Morgan fingerprint density at radius 3 is 2.38 bits per heavy atom. The maximum Gasteiger partial charge on any atom is 0.291 e. The third-order valence-electron chi connectivity index (χ3n) is 4.02. The molecule has 0 radical (unpaired) electrons. The molecule has 3 nitrogen and oxygen atoms in total. The number of amides is 1. The number of thioether (sulfide) groups is 1. The van der Waals surface area contributed by atoms with Gasteiger partial charge >= 0.3 is 0 Å². The average molecular weight is 377 g/mol. The molecule has 0 unspecified atom stereocenters. The smallest absolute Gasteiger partial charge is 0.291 e. The van der Waals surface area contributed by atoms with Gasteiger partial charge in [0.1, 0.15) is 16.5 Å². The van der Waals surface area contributed by atoms with Crippen LogP contribution in [0.4, 0.5) is 4.79 Å². The molecule has 128 valence electrons. The fourth-order valence-corrected chi connectivity index (χ4v) is 3.94. The van der Waals surface area contributed by atoms with E-state index >= 15 is 0 Å². The molecule has 4 rings (SSSR count). The first-order valence-electron chi connectivity index (χ1n) is 8.15. The molecule has 2 aromatic carbocycles. The largest absolute Gasteiger partial charge is 0.457 e. The Morgan fingerprint density at radius 1 is 0.962 bits per heavy atom. The van der Waals surface area contributed by atoms with E-state index in [1.54, 1.807) is 4.90 Å². The van der Waals surface area contributed by atoms with Crippen LogP contribution in [0.3, 0.4) is 0 Å². The summed E-state index contributed by atoms with van der Waals surface area (Å²) in [4.78, 5) is 15.3. The highest BCUT2D eigenvalue weighted by molar-refractivity contribution is 8.19. The highest BCUT2D eigenvalue weighted by Gasteiger charge is 2.31. The van der Waals surface area contributed by atoms with Crippen LogP contribution in [0.5, 0.6) is 0 Å². The lowest BCUT2D eigenvalue weighted by Gasteiger charge is -2.14. The summed E-state index contributed by atoms with van der Waals surface area (Å²) in [6.07, 6.45) is 1.84. The Kier molecular flexibility index (Phi) is 4.73. The number of nitrogens with zero attached hydrogens (tertiary/aromatic N) is 1. The third-order valence-corrected chi connectivity index (χ3v) is 5.51. The minimum Gasteiger partial charge on any atom is -0.457 e. The minimum absolute atomic E-state index is 0.0556. The van der Waals surface area contributed by atoms with Crippen molar-refractivity contribution in [3.05, 3.63) is 89.0 Å². The lowest BCUT2D eigenvalue weighted by atomic mass is 10.2. The van der Waals surface area contributed by atoms with E-state index in [2.05, 4.69) is 0 Å². The number of carbonyl (C=O) groups excluding carboxylic acids is 1. The highest BCUT2D eigenvalue weighted by atomic mass is 32.2. The summed E-state index contributed by atoms with van der Waals surface area (Å²) in [5, 5.41) is -0.0556. The maximum atomic E-state index is 12.3. The van der Waals surface area contributed by atoms with Crippen LogP contribution in [-0.4, -0.2) is 15.1 Å². The van der Waals surface area contributed by atoms with Crippen molar-refractivity contribution in [1.82, 2.24) is 4.90 Å². The van der Waals surface area contributed by atoms with Crippen LogP contribution in [0.2, 0.25) is 0 Å². The predicted octanol–water partition coefficient (Wildman–Crippen LogP) is 5.98. The minimum atomic E-state index is -0.0556. The van der Waals surface area contributed by atoms with Gasteiger partial charge in [-0.15, -0.1) is 0 Å². The Morgan fingerprint density at radius 2 is 1.65 bits per heavy atom. The van der Waals surface area contributed by atoms with Gasteiger partial charge in [0.15, 0.2) is 0 Å². The van der Waals surface area contributed by atoms with Crippen LogP contribution in [0, 0.1) is 0 Å². The molecule has 1 aliphatic heterocycles. The predicted molar refractivity (Wildman–Crippen MR) is 110 cm³/mol. The van der Waals surface area contributed by atoms with Gasteiger partial charge in [-0.1, -0.05) is 72.9 Å². The van der Waals surface area contributed by atoms with Gasteiger partial charge in [-0.25, -0.2) is 0 Å². The van der Waals surface area contributed by atoms with E-state index in [0.717, 1.165) is 33.6 Å². The zero-order valence-electron chi connectivity index (χ0n) is 13.8. The molecule has 26 heavy (non-hydrogen) atoms. The highest BCUT2D eigenvalue weighted by Crippen LogP contribution is 2.35. The zero-order chi connectivity index (χ0) is 17.9. The number of benzene rings is 2. The van der Waals surface area contributed by atoms with E-state index < -0.39 is 0 Å². The van der Waals surface area contributed by atoms with Gasteiger partial charge in [0.25, 0.3) is 5.24 Å². The molecule has 1 amide bonds. The molecule has 0 spiro atoms. The molecular weight excluding hydrogens is 362 g/mol. The van der Waals surface area contributed by atoms with E-state index in [4.69, 9.17) is 16.6 Å². The third kappa shape index (κ3) is 3.49. The summed E-state index contributed by atoms with van der Waals surface area (Å²) in [5.41, 5.74) is 2.06. The first-order valence-corrected chi connectivity index (χ1v) is 9.38. The van der Waals surface area contributed by atoms with Crippen LogP contribution < -0.4 is 0 Å². The summed E-state index contributed by atoms with van der Waals surface area (Å²) < 4.78 is 5.89. The summed E-state index contributed by atoms with van der Waals surface area (Å²) in [7, 11) is 0. The summed E-state index contributed by atoms with van der Waals surface area (Å²) in [6, 6.07) is 23.6. The number of rotatable bonds is 4. The van der Waals surface area contributed by atoms with Crippen LogP contribution in [0.1, 0.15) is 11.3 Å². The molecule has 5 heteroatoms. The van der Waals surface area contributed by atoms with Crippen LogP contribution >= 0.6 is 24.0 Å². The molecule has 1 saturated heterocycles. The second-order valence-electron chi connectivity index (χ2n) is 5.82. The maximum absolute atomic E-state index is 12.3. The molecule has 2 heterocycles. The SMILES string of the molecule is O=C1S/C(=C\c2ccc(-c3ccccc3)o2)C(=S)N1Cc1ccccc1. The fraction of sp³-hybridized carbons (Fsp3) is 0.0476. The first-order chi connectivity index (χ1) is 12.7. The lowest BCUT2D eigenvalue weighted by Crippen LogP contribution is -2.26. The van der Waals surface area contributed by atoms with Gasteiger partial charge < -0.3 is 4.42 Å². The van der Waals surface area contributed by atoms with E-state index in [1.807, 2.05) is 78.9 Å². The molecule has 3 aromatic rings. The molecule has 0 aliphatic carbocycles. The molecule has 0 N–H and O–H groups in total. The first kappa shape index (κ1) is 16.8. The van der Waals surface area contributed by atoms with E-state index in [0.29, 0.717) is 17.3 Å². The van der Waals surface area contributed by atoms with Gasteiger partial charge in [0.05, 0.1) is 11.4 Å². The topological polar surface area (TPSA) is 33.5 Å². The van der Waals surface area contributed by atoms with Crippen molar-refractivity contribution in [1.29, 1.82) is 0 Å². The quantitative estimate of drug-likeness (QED) is 0.413. The van der Waals surface area contributed by atoms with Crippen molar-refractivity contribution in [2.24, 2.45) is 0 Å². The van der Waals surface area contributed by atoms with Crippen molar-refractivity contribution in [2.45, 2.75) is 6.54 Å². The second kappa shape index (κ2) is 7.32. The van der Waals surface area contributed by atoms with E-state index in [9.17, 15) is 4.79 Å². The van der Waals surface area contributed by atoms with Crippen molar-refractivity contribution >= 4 is 40.3 Å². The number of furan rings is 1. The zero-order valence-corrected chi connectivity index (χ0v) is 15.4. The normalized spacial score (nSPS) is 15.8. The Bertz CT molecular complexity index is 978. The molecule has 0 saturated carbocycles. The molecule has 1 aliphatic rings. The number of thiocarbonyl (C=S) groups is 1. The van der Waals surface area contributed by atoms with Gasteiger partial charge in [-0.3, -0.25) is 9.69 Å². The fourth-order valence-electron chi connectivity index (χ4n) is 2.72. The Labute approximate surface area is 161 Å². The van der Waals surface area contributed by atoms with Crippen LogP contribution in [0.15, 0.2) is 82.1 Å². The van der Waals surface area contributed by atoms with Crippen molar-refractivity contribution in [2.75, 3.05) is 0 Å². The standard InChI is InChI=1S/C21H15NO2S2/c23-21-22(14-15-7-3-1-4-8-15)20(25)19(26-21)13-17-11-12-18(24-17)16-9-5-2-6-10-16/h1-13H,14H2/b19-13-. The number of carbonyl (C=O) groups is 1. The van der Waals surface area contributed by atoms with Gasteiger partial charge in [0, 0.05) is 5.56 Å². The Hall–Kier alpha value is -2.63. The van der Waals surface area contributed by atoms with Gasteiger partial charge in [-0.2, -0.15) is 0 Å². The second-order valence-corrected chi connectivity index (χ2v) is 7.20. The number of hydrogen-bond acceptors (Lipinski definition) is 4. The van der Waals surface area contributed by atoms with E-state index in [-0.39, 0.29) is 5.24 Å². The molecule has 0 atom stereocenters. The molecule has 0 bridgehead atoms. The van der Waals surface area contributed by atoms with Crippen molar-refractivity contribution < 1.29 is 9.21 Å².